The van der Waals surface area contributed by atoms with Crippen molar-refractivity contribution in [3.8, 4) is 0 Å². The third kappa shape index (κ3) is 7.69. The lowest BCUT2D eigenvalue weighted by Crippen LogP contribution is -2.56. The normalized spacial score (nSPS) is 18.9. The summed E-state index contributed by atoms with van der Waals surface area (Å²) in [6.45, 7) is 0.341. The van der Waals surface area contributed by atoms with Crippen LogP contribution in [-0.2, 0) is 21.0 Å². The number of benzene rings is 2. The quantitative estimate of drug-likeness (QED) is 0.317. The Kier molecular flexibility index (Phi) is 8.89. The van der Waals surface area contributed by atoms with Crippen LogP contribution in [-0.4, -0.2) is 61.5 Å². The van der Waals surface area contributed by atoms with Gasteiger partial charge in [0.25, 0.3) is 5.91 Å². The van der Waals surface area contributed by atoms with Gasteiger partial charge in [0.2, 0.25) is 15.9 Å². The summed E-state index contributed by atoms with van der Waals surface area (Å²) in [4.78, 5) is 32.1. The van der Waals surface area contributed by atoms with Crippen molar-refractivity contribution in [3.63, 3.8) is 0 Å². The zero-order valence-corrected chi connectivity index (χ0v) is 25.1. The number of allylic oxidation sites excluding steroid dienone is 3. The summed E-state index contributed by atoms with van der Waals surface area (Å²) in [7, 11) is -3.57. The summed E-state index contributed by atoms with van der Waals surface area (Å²) in [5.41, 5.74) is 0.163. The highest BCUT2D eigenvalue weighted by molar-refractivity contribution is 7.92. The summed E-state index contributed by atoms with van der Waals surface area (Å²) in [6.07, 6.45) is 3.32. The molecule has 232 valence electrons. The third-order valence-corrected chi connectivity index (χ3v) is 8.05. The average molecular weight is 648 g/mol. The number of pyridine rings is 1. The lowest BCUT2D eigenvalue weighted by molar-refractivity contribution is -0.140. The van der Waals surface area contributed by atoms with E-state index in [0.717, 1.165) is 12.3 Å². The Labute approximate surface area is 257 Å². The molecule has 5 rings (SSSR count). The first kappa shape index (κ1) is 31.3. The largest absolute Gasteiger partial charge is 0.433 e. The van der Waals surface area contributed by atoms with Crippen molar-refractivity contribution in [1.82, 2.24) is 15.2 Å². The SMILES string of the molecule is CS(=O)(=O)Nc1cccc(C(=O)N[C@H]2C[C@@H](Nc3cc(C(F)(F)F)nc4ccc(Cl)cc34)CN(C(=O)C3=CC=CCC3)C2)c1. The van der Waals surface area contributed by atoms with Gasteiger partial charge in [0.1, 0.15) is 5.69 Å². The average Bonchev–Trinajstić information content (AvgIpc) is 2.96. The van der Waals surface area contributed by atoms with E-state index in [9.17, 15) is 31.2 Å². The Bertz CT molecular complexity index is 1780. The highest BCUT2D eigenvalue weighted by Crippen LogP contribution is 2.35. The lowest BCUT2D eigenvalue weighted by Gasteiger charge is -2.39. The fourth-order valence-corrected chi connectivity index (χ4v) is 6.07. The number of nitrogens with one attached hydrogen (secondary N) is 3. The Morgan fingerprint density at radius 2 is 1.84 bits per heavy atom. The molecule has 1 aliphatic carbocycles. The van der Waals surface area contributed by atoms with Crippen LogP contribution in [0.15, 0.2) is 72.3 Å². The van der Waals surface area contributed by atoms with Gasteiger partial charge in [-0.05, 0) is 61.7 Å². The van der Waals surface area contributed by atoms with E-state index in [1.165, 1.54) is 42.5 Å². The number of nitrogens with zero attached hydrogens (tertiary/aromatic N) is 2. The predicted molar refractivity (Wildman–Crippen MR) is 163 cm³/mol. The Hall–Kier alpha value is -4.10. The zero-order chi connectivity index (χ0) is 31.6. The van der Waals surface area contributed by atoms with Gasteiger partial charge in [0, 0.05) is 58.1 Å². The van der Waals surface area contributed by atoms with Crippen LogP contribution in [0.3, 0.4) is 0 Å². The molecule has 0 unspecified atom stereocenters. The number of amides is 2. The standard InChI is InChI=1S/C30H29ClF3N5O4S/c1-44(42,43)38-21-9-5-8-19(12-21)28(40)36-23-14-22(16-39(17-23)29(41)18-6-3-2-4-7-18)35-26-15-27(30(32,33)34)37-25-11-10-20(31)13-24(25)26/h2-3,5-6,8-13,15,22-23,38H,4,7,14,16-17H2,1H3,(H,35,37)(H,36,40)/t22-,23+/m1/s1. The van der Waals surface area contributed by atoms with Crippen LogP contribution in [0.1, 0.15) is 35.3 Å². The molecule has 2 aromatic carbocycles. The Balaban J connectivity index is 1.44. The van der Waals surface area contributed by atoms with Crippen molar-refractivity contribution in [2.45, 2.75) is 37.5 Å². The molecule has 2 amide bonds. The second-order valence-corrected chi connectivity index (χ2v) is 13.0. The van der Waals surface area contributed by atoms with Gasteiger partial charge in [-0.1, -0.05) is 35.9 Å². The van der Waals surface area contributed by atoms with Crippen molar-refractivity contribution in [2.24, 2.45) is 0 Å². The van der Waals surface area contributed by atoms with Crippen LogP contribution < -0.4 is 15.4 Å². The number of rotatable bonds is 7. The van der Waals surface area contributed by atoms with Gasteiger partial charge in [-0.15, -0.1) is 0 Å². The smallest absolute Gasteiger partial charge is 0.380 e. The Morgan fingerprint density at radius 3 is 2.55 bits per heavy atom. The number of fused-ring (bicyclic) bond motifs is 1. The first-order valence-electron chi connectivity index (χ1n) is 13.7. The fraction of sp³-hybridized carbons (Fsp3) is 0.300. The van der Waals surface area contributed by atoms with Crippen LogP contribution in [0.4, 0.5) is 24.5 Å². The molecule has 3 aromatic rings. The van der Waals surface area contributed by atoms with E-state index in [2.05, 4.69) is 20.3 Å². The minimum atomic E-state index is -4.70. The van der Waals surface area contributed by atoms with E-state index in [4.69, 9.17) is 11.6 Å². The molecule has 3 N–H and O–H groups in total. The van der Waals surface area contributed by atoms with Gasteiger partial charge in [-0.25, -0.2) is 13.4 Å². The molecule has 44 heavy (non-hydrogen) atoms. The molecule has 1 saturated heterocycles. The number of alkyl halides is 3. The third-order valence-electron chi connectivity index (χ3n) is 7.21. The molecule has 0 saturated carbocycles. The van der Waals surface area contributed by atoms with Crippen molar-refractivity contribution in [2.75, 3.05) is 29.4 Å². The zero-order valence-electron chi connectivity index (χ0n) is 23.5. The van der Waals surface area contributed by atoms with Gasteiger partial charge >= 0.3 is 6.18 Å². The van der Waals surface area contributed by atoms with Crippen molar-refractivity contribution in [1.29, 1.82) is 0 Å². The molecule has 0 radical (unpaired) electrons. The second kappa shape index (κ2) is 12.5. The number of likely N-dealkylation sites (tertiary alicyclic amines) is 1. The highest BCUT2D eigenvalue weighted by atomic mass is 35.5. The molecule has 2 heterocycles. The van der Waals surface area contributed by atoms with E-state index >= 15 is 0 Å². The van der Waals surface area contributed by atoms with Gasteiger partial charge in [-0.2, -0.15) is 13.2 Å². The molecule has 2 aliphatic rings. The number of hydrogen-bond donors (Lipinski definition) is 3. The molecule has 1 aliphatic heterocycles. The summed E-state index contributed by atoms with van der Waals surface area (Å²) in [6, 6.07) is 10.1. The molecule has 1 aromatic heterocycles. The maximum Gasteiger partial charge on any atom is 0.433 e. The lowest BCUT2D eigenvalue weighted by atomic mass is 9.97. The van der Waals surface area contributed by atoms with Gasteiger partial charge in [0.15, 0.2) is 0 Å². The minimum Gasteiger partial charge on any atom is -0.380 e. The number of halogens is 4. The molecule has 1 fully saturated rings. The van der Waals surface area contributed by atoms with E-state index < -0.39 is 39.9 Å². The summed E-state index contributed by atoms with van der Waals surface area (Å²) >= 11 is 6.17. The summed E-state index contributed by atoms with van der Waals surface area (Å²) in [5.74, 6) is -0.724. The number of aromatic nitrogens is 1. The van der Waals surface area contributed by atoms with E-state index in [1.807, 2.05) is 6.08 Å². The van der Waals surface area contributed by atoms with E-state index in [1.54, 1.807) is 17.1 Å². The number of carbonyl (C=O) groups is 2. The van der Waals surface area contributed by atoms with Crippen LogP contribution in [0.5, 0.6) is 0 Å². The minimum absolute atomic E-state index is 0.0991. The van der Waals surface area contributed by atoms with Crippen LogP contribution >= 0.6 is 11.6 Å². The molecule has 2 atom stereocenters. The van der Waals surface area contributed by atoms with Crippen LogP contribution in [0.25, 0.3) is 10.9 Å². The fourth-order valence-electron chi connectivity index (χ4n) is 5.35. The first-order valence-corrected chi connectivity index (χ1v) is 16.0. The predicted octanol–water partition coefficient (Wildman–Crippen LogP) is 5.37. The summed E-state index contributed by atoms with van der Waals surface area (Å²) in [5, 5.41) is 6.79. The molecule has 0 bridgehead atoms. The molecule has 14 heteroatoms. The number of sulfonamides is 1. The number of carbonyl (C=O) groups excluding carboxylic acids is 2. The van der Waals surface area contributed by atoms with Gasteiger partial charge < -0.3 is 15.5 Å². The first-order chi connectivity index (χ1) is 20.7. The second-order valence-electron chi connectivity index (χ2n) is 10.8. The van der Waals surface area contributed by atoms with E-state index in [0.29, 0.717) is 28.8 Å². The van der Waals surface area contributed by atoms with Crippen molar-refractivity contribution >= 4 is 55.7 Å². The Morgan fingerprint density at radius 1 is 1.07 bits per heavy atom. The number of piperidine rings is 1. The van der Waals surface area contributed by atoms with Crippen molar-refractivity contribution < 1.29 is 31.2 Å². The summed E-state index contributed by atoms with van der Waals surface area (Å²) < 4.78 is 66.9. The maximum atomic E-state index is 13.7. The van der Waals surface area contributed by atoms with Crippen LogP contribution in [0.2, 0.25) is 5.02 Å². The van der Waals surface area contributed by atoms with Gasteiger partial charge in [0.05, 0.1) is 11.8 Å². The van der Waals surface area contributed by atoms with Crippen LogP contribution in [0, 0.1) is 0 Å². The number of hydrogen-bond acceptors (Lipinski definition) is 6. The topological polar surface area (TPSA) is 120 Å². The monoisotopic (exact) mass is 647 g/mol. The molecule has 0 spiro atoms. The molecular formula is C30H29ClF3N5O4S. The van der Waals surface area contributed by atoms with E-state index in [-0.39, 0.29) is 47.9 Å². The molecule has 9 nitrogen and oxygen atoms in total. The number of anilines is 2. The van der Waals surface area contributed by atoms with Crippen molar-refractivity contribution in [3.05, 3.63) is 88.6 Å². The highest BCUT2D eigenvalue weighted by Gasteiger charge is 2.35. The molecular weight excluding hydrogens is 619 g/mol. The van der Waals surface area contributed by atoms with Gasteiger partial charge in [-0.3, -0.25) is 14.3 Å². The maximum absolute atomic E-state index is 13.7.